The zero-order valence-corrected chi connectivity index (χ0v) is 36.3. The summed E-state index contributed by atoms with van der Waals surface area (Å²) in [5.74, 6) is -1.94. The number of halogens is 4. The average molecular weight is 967 g/mol. The van der Waals surface area contributed by atoms with Crippen molar-refractivity contribution in [3.8, 4) is 0 Å². The fraction of sp³-hybridized carbons (Fsp3) is 0.300. The predicted octanol–water partition coefficient (Wildman–Crippen LogP) is 3.84. The van der Waals surface area contributed by atoms with Crippen LogP contribution in [-0.2, 0) is 19.1 Å². The van der Waals surface area contributed by atoms with Crippen LogP contribution in [0.4, 0.5) is 11.6 Å². The molecule has 8 rings (SSSR count). The van der Waals surface area contributed by atoms with Crippen LogP contribution in [0.15, 0.2) is 85.7 Å². The van der Waals surface area contributed by atoms with Gasteiger partial charge in [0, 0.05) is 24.5 Å². The van der Waals surface area contributed by atoms with E-state index in [1.807, 2.05) is 0 Å². The number of nitrogen functional groups attached to an aromatic ring is 2. The molecule has 340 valence electrons. The van der Waals surface area contributed by atoms with Crippen molar-refractivity contribution < 1.29 is 59.9 Å². The second-order valence-corrected chi connectivity index (χ2v) is 16.5. The Morgan fingerprint density at radius 3 is 1.34 bits per heavy atom. The van der Waals surface area contributed by atoms with Crippen LogP contribution in [0.3, 0.4) is 0 Å². The van der Waals surface area contributed by atoms with Crippen LogP contribution in [-0.4, -0.2) is 117 Å². The van der Waals surface area contributed by atoms with E-state index in [1.165, 1.54) is 38.6 Å². The van der Waals surface area contributed by atoms with Gasteiger partial charge in [-0.25, -0.2) is 29.5 Å². The average Bonchev–Trinajstić information content (AvgIpc) is 3.99. The van der Waals surface area contributed by atoms with Crippen LogP contribution in [0.25, 0.3) is 22.1 Å². The van der Waals surface area contributed by atoms with Crippen LogP contribution >= 0.6 is 46.4 Å². The number of hydrogen-bond acceptors (Lipinski definition) is 16. The monoisotopic (exact) mass is 964 g/mol. The maximum Gasteiger partial charge on any atom is 0.328 e. The summed E-state index contributed by atoms with van der Waals surface area (Å²) in [4.78, 5) is 35.3. The topological polar surface area (TPSA) is 328 Å². The minimum Gasteiger partial charge on any atom is -0.478 e. The lowest BCUT2D eigenvalue weighted by Crippen LogP contribution is -2.47. The first-order valence-corrected chi connectivity index (χ1v) is 20.2. The summed E-state index contributed by atoms with van der Waals surface area (Å²) in [7, 11) is 0. The van der Waals surface area contributed by atoms with E-state index in [2.05, 4.69) is 19.9 Å². The van der Waals surface area contributed by atoms with Gasteiger partial charge in [-0.2, -0.15) is 0 Å². The van der Waals surface area contributed by atoms with E-state index >= 15 is 0 Å². The van der Waals surface area contributed by atoms with Gasteiger partial charge in [-0.1, -0.05) is 58.5 Å². The fourth-order valence-electron chi connectivity index (χ4n) is 7.14. The SMILES string of the molecule is C[C@@]1(O)[C@@H]([C@H](O)c2ccc(Cl)c(Cl)c2)O[C@@H](n2ccc3c(N)ncnc32)[C@@H]1O.C[C@@]1(O)[C@@H]([C@H](O)c2ccc(Cl)c(Cl)c2)O[C@@H](n2ccc3c(N)ncnc32)[C@@H]1O.O=C(O)/C=C\C(=O)O. The molecule has 0 radical (unpaired) electrons. The van der Waals surface area contributed by atoms with Crippen molar-refractivity contribution in [2.24, 2.45) is 0 Å². The molecule has 6 heterocycles. The summed E-state index contributed by atoms with van der Waals surface area (Å²) in [6, 6.07) is 12.6. The third-order valence-corrected chi connectivity index (χ3v) is 12.1. The van der Waals surface area contributed by atoms with Gasteiger partial charge in [-0.05, 0) is 61.4 Å². The molecule has 2 saturated heterocycles. The third-order valence-electron chi connectivity index (χ3n) is 10.6. The first-order valence-electron chi connectivity index (χ1n) is 18.7. The molecule has 2 fully saturated rings. The van der Waals surface area contributed by atoms with Gasteiger partial charge < -0.3 is 70.9 Å². The number of aliphatic hydroxyl groups excluding tert-OH is 4. The van der Waals surface area contributed by atoms with E-state index in [4.69, 9.17) is 77.6 Å². The molecule has 24 heteroatoms. The van der Waals surface area contributed by atoms with Crippen molar-refractivity contribution in [2.75, 3.05) is 11.5 Å². The van der Waals surface area contributed by atoms with Crippen molar-refractivity contribution in [3.63, 3.8) is 0 Å². The number of nitrogens with zero attached hydrogens (tertiary/aromatic N) is 6. The maximum atomic E-state index is 10.9. The Hall–Kier alpha value is -5.20. The number of nitrogens with two attached hydrogens (primary N) is 2. The van der Waals surface area contributed by atoms with Crippen LogP contribution < -0.4 is 11.5 Å². The summed E-state index contributed by atoms with van der Waals surface area (Å²) in [5, 5.41) is 82.9. The Morgan fingerprint density at radius 1 is 0.656 bits per heavy atom. The molecule has 0 bridgehead atoms. The highest BCUT2D eigenvalue weighted by molar-refractivity contribution is 6.42. The molecule has 64 heavy (non-hydrogen) atoms. The van der Waals surface area contributed by atoms with Gasteiger partial charge >= 0.3 is 11.9 Å². The molecule has 0 aliphatic carbocycles. The molecule has 10 atom stereocenters. The lowest BCUT2D eigenvalue weighted by Gasteiger charge is -2.29. The van der Waals surface area contributed by atoms with Gasteiger partial charge in [0.25, 0.3) is 0 Å². The van der Waals surface area contributed by atoms with Crippen molar-refractivity contribution in [3.05, 3.63) is 117 Å². The highest BCUT2D eigenvalue weighted by Crippen LogP contribution is 2.46. The maximum absolute atomic E-state index is 10.9. The molecule has 2 aromatic carbocycles. The summed E-state index contributed by atoms with van der Waals surface area (Å²) in [6.07, 6.45) is -2.49. The molecular weight excluding hydrogens is 926 g/mol. The standard InChI is InChI=1S/2C18H18Cl2N4O4.C4H4O4/c2*1-18(27)13(26)17(24-5-4-9-15(21)22-7-23-16(9)24)28-14(18)12(25)8-2-3-10(19)11(20)6-8;5-3(6)1-2-4(7)8/h2*2-7,12-14,17,25-27H,1H3,(H2,21,22,23);1-2H,(H,5,6)(H,7,8)/b;;2-1-/t2*12-,13+,14-,17-,18+;/m11./s1. The number of ether oxygens (including phenoxy) is 2. The zero-order chi connectivity index (χ0) is 47.0. The van der Waals surface area contributed by atoms with E-state index in [-0.39, 0.29) is 21.7 Å². The first-order chi connectivity index (χ1) is 30.1. The van der Waals surface area contributed by atoms with E-state index in [9.17, 15) is 40.2 Å². The number of carbonyl (C=O) groups is 2. The normalized spacial score (nSPS) is 26.3. The number of hydrogen-bond donors (Lipinski definition) is 10. The van der Waals surface area contributed by atoms with Gasteiger partial charge in [-0.15, -0.1) is 0 Å². The Labute approximate surface area is 382 Å². The Balaban J connectivity index is 0.000000182. The summed E-state index contributed by atoms with van der Waals surface area (Å²) < 4.78 is 14.9. The molecule has 0 saturated carbocycles. The molecule has 20 nitrogen and oxygen atoms in total. The molecule has 2 aliphatic heterocycles. The number of fused-ring (bicyclic) bond motifs is 2. The lowest BCUT2D eigenvalue weighted by atomic mass is 9.88. The quantitative estimate of drug-likeness (QED) is 0.0969. The van der Waals surface area contributed by atoms with Gasteiger partial charge in [-0.3, -0.25) is 0 Å². The zero-order valence-electron chi connectivity index (χ0n) is 33.3. The van der Waals surface area contributed by atoms with E-state index in [1.54, 1.807) is 57.9 Å². The smallest absolute Gasteiger partial charge is 0.328 e. The summed E-state index contributed by atoms with van der Waals surface area (Å²) in [5.41, 5.74) is 9.87. The largest absolute Gasteiger partial charge is 0.478 e. The molecule has 2 aliphatic rings. The lowest BCUT2D eigenvalue weighted by molar-refractivity contribution is -0.134. The second-order valence-electron chi connectivity index (χ2n) is 14.9. The Morgan fingerprint density at radius 2 is 1.02 bits per heavy atom. The van der Waals surface area contributed by atoms with E-state index in [0.29, 0.717) is 55.4 Å². The molecule has 0 amide bonds. The first kappa shape index (κ1) is 48.3. The van der Waals surface area contributed by atoms with Crippen LogP contribution in [0.1, 0.15) is 49.6 Å². The molecule has 0 unspecified atom stereocenters. The minimum atomic E-state index is -1.76. The molecular formula is C40H40Cl4N8O12. The number of carboxylic acids is 2. The Bertz CT molecular complexity index is 2540. The third kappa shape index (κ3) is 9.59. The van der Waals surface area contributed by atoms with Crippen molar-refractivity contribution in [2.45, 2.75) is 74.1 Å². The van der Waals surface area contributed by atoms with Gasteiger partial charge in [0.15, 0.2) is 12.5 Å². The predicted molar refractivity (Wildman–Crippen MR) is 232 cm³/mol. The summed E-state index contributed by atoms with van der Waals surface area (Å²) >= 11 is 23.9. The number of aromatic nitrogens is 6. The van der Waals surface area contributed by atoms with Gasteiger partial charge in [0.2, 0.25) is 0 Å². The Kier molecular flexibility index (Phi) is 14.4. The van der Waals surface area contributed by atoms with Crippen LogP contribution in [0.2, 0.25) is 20.1 Å². The number of aliphatic carboxylic acids is 2. The molecule has 6 aromatic rings. The van der Waals surface area contributed by atoms with Crippen molar-refractivity contribution in [1.29, 1.82) is 0 Å². The van der Waals surface area contributed by atoms with Gasteiger partial charge in [0.05, 0.1) is 30.9 Å². The van der Waals surface area contributed by atoms with Crippen molar-refractivity contribution >= 4 is 92.0 Å². The number of benzene rings is 2. The number of aliphatic hydroxyl groups is 6. The van der Waals surface area contributed by atoms with Crippen LogP contribution in [0.5, 0.6) is 0 Å². The van der Waals surface area contributed by atoms with Gasteiger partial charge in [0.1, 0.15) is 83.4 Å². The second kappa shape index (κ2) is 19.1. The van der Waals surface area contributed by atoms with Crippen LogP contribution in [0, 0.1) is 0 Å². The number of rotatable bonds is 8. The van der Waals surface area contributed by atoms with E-state index in [0.717, 1.165) is 0 Å². The highest BCUT2D eigenvalue weighted by Gasteiger charge is 2.57. The molecule has 4 aromatic heterocycles. The minimum absolute atomic E-state index is 0.261. The highest BCUT2D eigenvalue weighted by atomic mass is 35.5. The number of carboxylic acid groups (broad SMARTS) is 2. The molecule has 12 N–H and O–H groups in total. The van der Waals surface area contributed by atoms with Crippen molar-refractivity contribution in [1.82, 2.24) is 29.1 Å². The van der Waals surface area contributed by atoms with E-state index < -0.39 is 72.2 Å². The summed E-state index contributed by atoms with van der Waals surface area (Å²) in [6.45, 7) is 2.80. The fourth-order valence-corrected chi connectivity index (χ4v) is 7.75. The number of anilines is 2. The molecule has 0 spiro atoms.